The second-order valence-corrected chi connectivity index (χ2v) is 4.63. The zero-order valence-corrected chi connectivity index (χ0v) is 9.92. The van der Waals surface area contributed by atoms with Crippen molar-refractivity contribution in [2.24, 2.45) is 0 Å². The van der Waals surface area contributed by atoms with Crippen molar-refractivity contribution < 1.29 is 9.59 Å². The van der Waals surface area contributed by atoms with Gasteiger partial charge in [-0.25, -0.2) is 0 Å². The number of hydrogen-bond acceptors (Lipinski definition) is 3. The van der Waals surface area contributed by atoms with Gasteiger partial charge in [0.2, 0.25) is 11.8 Å². The summed E-state index contributed by atoms with van der Waals surface area (Å²) in [4.78, 5) is 25.0. The Bertz CT molecular complexity index is 389. The molecule has 1 saturated heterocycles. The molecule has 5 heteroatoms. The van der Waals surface area contributed by atoms with Gasteiger partial charge in [0.15, 0.2) is 0 Å². The lowest BCUT2D eigenvalue weighted by Gasteiger charge is -2.31. The van der Waals surface area contributed by atoms with Gasteiger partial charge < -0.3 is 10.2 Å². The number of carbonyl (C=O) groups excluding carboxylic acids is 2. The van der Waals surface area contributed by atoms with Crippen molar-refractivity contribution in [1.82, 2.24) is 10.2 Å². The third kappa shape index (κ3) is 2.24. The standard InChI is InChI=1S/C11H14N2O2S/c1-2-9-11(15)13(6-10(14)12-9)5-8-3-4-16-7-8/h3-4,7,9H,2,5-6H2,1H3,(H,12,14). The molecule has 2 heterocycles. The molecule has 0 aromatic carbocycles. The monoisotopic (exact) mass is 238 g/mol. The van der Waals surface area contributed by atoms with E-state index in [4.69, 9.17) is 0 Å². The number of carbonyl (C=O) groups is 2. The Hall–Kier alpha value is -1.36. The van der Waals surface area contributed by atoms with E-state index in [0.717, 1.165) is 5.56 Å². The lowest BCUT2D eigenvalue weighted by Crippen LogP contribution is -2.57. The van der Waals surface area contributed by atoms with Crippen LogP contribution in [0, 0.1) is 0 Å². The van der Waals surface area contributed by atoms with Gasteiger partial charge in [-0.2, -0.15) is 11.3 Å². The van der Waals surface area contributed by atoms with Crippen molar-refractivity contribution in [2.75, 3.05) is 6.54 Å². The number of nitrogens with one attached hydrogen (secondary N) is 1. The Balaban J connectivity index is 2.08. The van der Waals surface area contributed by atoms with Crippen molar-refractivity contribution in [3.63, 3.8) is 0 Å². The van der Waals surface area contributed by atoms with Gasteiger partial charge in [-0.1, -0.05) is 6.92 Å². The highest BCUT2D eigenvalue weighted by Crippen LogP contribution is 2.13. The largest absolute Gasteiger partial charge is 0.343 e. The number of hydrogen-bond donors (Lipinski definition) is 1. The maximum Gasteiger partial charge on any atom is 0.245 e. The van der Waals surface area contributed by atoms with Crippen LogP contribution in [0.15, 0.2) is 16.8 Å². The molecule has 0 aliphatic carbocycles. The molecule has 0 bridgehead atoms. The van der Waals surface area contributed by atoms with Crippen LogP contribution in [-0.2, 0) is 16.1 Å². The van der Waals surface area contributed by atoms with Crippen LogP contribution in [0.1, 0.15) is 18.9 Å². The molecule has 0 spiro atoms. The van der Waals surface area contributed by atoms with Crippen LogP contribution in [0.25, 0.3) is 0 Å². The molecule has 1 aromatic heterocycles. The van der Waals surface area contributed by atoms with Gasteiger partial charge in [0.1, 0.15) is 6.04 Å². The third-order valence-electron chi connectivity index (χ3n) is 2.64. The Morgan fingerprint density at radius 3 is 3.00 bits per heavy atom. The van der Waals surface area contributed by atoms with E-state index < -0.39 is 0 Å². The van der Waals surface area contributed by atoms with Gasteiger partial charge >= 0.3 is 0 Å². The summed E-state index contributed by atoms with van der Waals surface area (Å²) in [5.74, 6) is -0.0463. The van der Waals surface area contributed by atoms with Crippen molar-refractivity contribution in [3.8, 4) is 0 Å². The SMILES string of the molecule is CCC1NC(=O)CN(Cc2ccsc2)C1=O. The van der Waals surface area contributed by atoms with E-state index in [1.807, 2.05) is 23.8 Å². The molecule has 1 aliphatic heterocycles. The number of rotatable bonds is 3. The van der Waals surface area contributed by atoms with E-state index >= 15 is 0 Å². The van der Waals surface area contributed by atoms with Crippen LogP contribution < -0.4 is 5.32 Å². The maximum atomic E-state index is 11.9. The molecule has 0 radical (unpaired) electrons. The lowest BCUT2D eigenvalue weighted by atomic mass is 10.1. The fourth-order valence-corrected chi connectivity index (χ4v) is 2.45. The Morgan fingerprint density at radius 2 is 2.38 bits per heavy atom. The summed E-state index contributed by atoms with van der Waals surface area (Å²) < 4.78 is 0. The highest BCUT2D eigenvalue weighted by molar-refractivity contribution is 7.07. The minimum absolute atomic E-state index is 0.0216. The fourth-order valence-electron chi connectivity index (χ4n) is 1.79. The Labute approximate surface area is 98.3 Å². The van der Waals surface area contributed by atoms with Crippen molar-refractivity contribution >= 4 is 23.2 Å². The van der Waals surface area contributed by atoms with E-state index in [9.17, 15) is 9.59 Å². The van der Waals surface area contributed by atoms with Crippen LogP contribution in [0.5, 0.6) is 0 Å². The summed E-state index contributed by atoms with van der Waals surface area (Å²) in [6.07, 6.45) is 0.644. The first kappa shape index (κ1) is 11.1. The first-order chi connectivity index (χ1) is 7.70. The van der Waals surface area contributed by atoms with Gasteiger partial charge in [0.25, 0.3) is 0 Å². The molecule has 0 saturated carbocycles. The van der Waals surface area contributed by atoms with Gasteiger partial charge in [-0.3, -0.25) is 9.59 Å². The zero-order valence-electron chi connectivity index (χ0n) is 9.10. The molecule has 2 amide bonds. The number of nitrogens with zero attached hydrogens (tertiary/aromatic N) is 1. The summed E-state index contributed by atoms with van der Waals surface area (Å²) in [5.41, 5.74) is 1.09. The lowest BCUT2D eigenvalue weighted by molar-refractivity contribution is -0.144. The second kappa shape index (κ2) is 4.65. The average Bonchev–Trinajstić information content (AvgIpc) is 2.75. The zero-order chi connectivity index (χ0) is 11.5. The normalized spacial score (nSPS) is 21.1. The number of piperazine rings is 1. The fraction of sp³-hybridized carbons (Fsp3) is 0.455. The summed E-state index contributed by atoms with van der Waals surface area (Å²) in [6, 6.07) is 1.63. The summed E-state index contributed by atoms with van der Waals surface area (Å²) >= 11 is 1.60. The summed E-state index contributed by atoms with van der Waals surface area (Å²) in [7, 11) is 0. The highest BCUT2D eigenvalue weighted by Gasteiger charge is 2.31. The van der Waals surface area contributed by atoms with Crippen LogP contribution in [0.3, 0.4) is 0 Å². The second-order valence-electron chi connectivity index (χ2n) is 3.85. The molecule has 16 heavy (non-hydrogen) atoms. The predicted octanol–water partition coefficient (Wildman–Crippen LogP) is 0.985. The van der Waals surface area contributed by atoms with Crippen LogP contribution in [-0.4, -0.2) is 29.3 Å². The van der Waals surface area contributed by atoms with E-state index in [2.05, 4.69) is 5.32 Å². The topological polar surface area (TPSA) is 49.4 Å². The van der Waals surface area contributed by atoms with Gasteiger partial charge in [0, 0.05) is 6.54 Å². The van der Waals surface area contributed by atoms with Gasteiger partial charge in [-0.15, -0.1) is 0 Å². The molecule has 1 aromatic rings. The minimum Gasteiger partial charge on any atom is -0.343 e. The Kier molecular flexibility index (Phi) is 3.24. The molecule has 1 aliphatic rings. The summed E-state index contributed by atoms with van der Waals surface area (Å²) in [5, 5.41) is 6.67. The molecular weight excluding hydrogens is 224 g/mol. The molecule has 1 atom stereocenters. The van der Waals surface area contributed by atoms with E-state index in [-0.39, 0.29) is 24.4 Å². The van der Waals surface area contributed by atoms with E-state index in [1.165, 1.54) is 0 Å². The number of amides is 2. The van der Waals surface area contributed by atoms with Crippen molar-refractivity contribution in [1.29, 1.82) is 0 Å². The van der Waals surface area contributed by atoms with Gasteiger partial charge in [-0.05, 0) is 28.8 Å². The van der Waals surface area contributed by atoms with Crippen LogP contribution in [0.2, 0.25) is 0 Å². The number of thiophene rings is 1. The predicted molar refractivity (Wildman–Crippen MR) is 62.0 cm³/mol. The molecule has 2 rings (SSSR count). The molecule has 1 unspecified atom stereocenters. The van der Waals surface area contributed by atoms with E-state index in [1.54, 1.807) is 16.2 Å². The highest BCUT2D eigenvalue weighted by atomic mass is 32.1. The smallest absolute Gasteiger partial charge is 0.245 e. The maximum absolute atomic E-state index is 11.9. The van der Waals surface area contributed by atoms with Gasteiger partial charge in [0.05, 0.1) is 6.54 Å². The average molecular weight is 238 g/mol. The molecule has 4 nitrogen and oxygen atoms in total. The van der Waals surface area contributed by atoms with Crippen LogP contribution in [0.4, 0.5) is 0 Å². The van der Waals surface area contributed by atoms with Crippen molar-refractivity contribution in [3.05, 3.63) is 22.4 Å². The molecule has 86 valence electrons. The first-order valence-corrected chi connectivity index (χ1v) is 6.24. The third-order valence-corrected chi connectivity index (χ3v) is 3.37. The molecule has 1 N–H and O–H groups in total. The molecular formula is C11H14N2O2S. The molecule has 1 fully saturated rings. The van der Waals surface area contributed by atoms with Crippen LogP contribution >= 0.6 is 11.3 Å². The summed E-state index contributed by atoms with van der Waals surface area (Å²) in [6.45, 7) is 2.61. The first-order valence-electron chi connectivity index (χ1n) is 5.30. The van der Waals surface area contributed by atoms with Crippen molar-refractivity contribution in [2.45, 2.75) is 25.9 Å². The van der Waals surface area contributed by atoms with E-state index in [0.29, 0.717) is 13.0 Å². The Morgan fingerprint density at radius 1 is 1.56 bits per heavy atom. The minimum atomic E-state index is -0.347. The quantitative estimate of drug-likeness (QED) is 0.853.